The Bertz CT molecular complexity index is 1970. The molecule has 0 saturated carbocycles. The van der Waals surface area contributed by atoms with Crippen LogP contribution in [0.3, 0.4) is 0 Å². The first-order valence-electron chi connectivity index (χ1n) is 14.5. The fraction of sp³-hybridized carbons (Fsp3) is 0.235. The van der Waals surface area contributed by atoms with E-state index >= 15 is 0 Å². The van der Waals surface area contributed by atoms with Gasteiger partial charge in [0.05, 0.1) is 18.5 Å². The van der Waals surface area contributed by atoms with Crippen LogP contribution < -0.4 is 21.3 Å². The predicted octanol–water partition coefficient (Wildman–Crippen LogP) is 5.14. The number of hydrogen-bond acceptors (Lipinski definition) is 9. The number of rotatable bonds is 13. The molecular weight excluding hydrogens is 627 g/mol. The van der Waals surface area contributed by atoms with Crippen molar-refractivity contribution in [2.75, 3.05) is 26.8 Å². The number of fused-ring (bicyclic) bond motifs is 1. The van der Waals surface area contributed by atoms with Crippen LogP contribution in [0.25, 0.3) is 20.7 Å². The quantitative estimate of drug-likeness (QED) is 0.105. The van der Waals surface area contributed by atoms with Gasteiger partial charge in [0.1, 0.15) is 17.1 Å². The van der Waals surface area contributed by atoms with Gasteiger partial charge in [0, 0.05) is 34.6 Å². The molecule has 0 spiro atoms. The Morgan fingerprint density at radius 1 is 0.935 bits per heavy atom. The summed E-state index contributed by atoms with van der Waals surface area (Å²) in [6.07, 6.45) is 1.95. The third-order valence-corrected chi connectivity index (χ3v) is 9.33. The molecule has 0 fully saturated rings. The lowest BCUT2D eigenvalue weighted by molar-refractivity contribution is -0.143. The van der Waals surface area contributed by atoms with E-state index in [1.54, 1.807) is 55.1 Å². The van der Waals surface area contributed by atoms with Crippen molar-refractivity contribution in [3.8, 4) is 16.2 Å². The average Bonchev–Trinajstić information content (AvgIpc) is 3.46. The molecule has 238 valence electrons. The Kier molecular flexibility index (Phi) is 10.7. The molecule has 1 N–H and O–H groups in total. The number of thiophene rings is 1. The fourth-order valence-corrected chi connectivity index (χ4v) is 6.95. The Labute approximate surface area is 273 Å². The highest BCUT2D eigenvalue weighted by Gasteiger charge is 2.25. The summed E-state index contributed by atoms with van der Waals surface area (Å²) in [6.45, 7) is 1.47. The van der Waals surface area contributed by atoms with Crippen molar-refractivity contribution in [3.05, 3.63) is 116 Å². The summed E-state index contributed by atoms with van der Waals surface area (Å²) in [5.74, 6) is -0.422. The number of ether oxygens (including phenoxy) is 3. The van der Waals surface area contributed by atoms with Gasteiger partial charge in [0.25, 0.3) is 11.5 Å². The number of hydrogen-bond donors (Lipinski definition) is 1. The zero-order valence-electron chi connectivity index (χ0n) is 25.6. The maximum absolute atomic E-state index is 14.2. The van der Waals surface area contributed by atoms with Gasteiger partial charge in [-0.3, -0.25) is 19.0 Å². The SMILES string of the molecule is CCOC(=O)Cn1c(=O)c2c(CNC(=O)c3ccccc3)c(-c3ccc(OCOC)cc3)sc2n(Cc2ccccc2SC)c1=O. The van der Waals surface area contributed by atoms with Gasteiger partial charge in [-0.15, -0.1) is 23.1 Å². The zero-order valence-corrected chi connectivity index (χ0v) is 27.2. The highest BCUT2D eigenvalue weighted by atomic mass is 32.2. The highest BCUT2D eigenvalue weighted by Crippen LogP contribution is 2.38. The number of aromatic nitrogens is 2. The third-order valence-electron chi connectivity index (χ3n) is 7.19. The van der Waals surface area contributed by atoms with Gasteiger partial charge in [0.2, 0.25) is 0 Å². The zero-order chi connectivity index (χ0) is 32.6. The molecule has 0 saturated heterocycles. The topological polar surface area (TPSA) is 118 Å². The van der Waals surface area contributed by atoms with E-state index < -0.39 is 23.8 Å². The van der Waals surface area contributed by atoms with E-state index in [2.05, 4.69) is 5.32 Å². The number of thioether (sulfide) groups is 1. The molecule has 0 aliphatic rings. The standard InChI is InChI=1S/C34H33N3O7S2/c1-4-43-28(38)20-36-32(40)29-26(18-35-31(39)23-10-6-5-7-11-23)30(22-14-16-25(17-15-22)44-21-42-2)46-33(29)37(34(36)41)19-24-12-8-9-13-27(24)45-3/h5-17H,4,18-21H2,1-3H3,(H,35,39). The van der Waals surface area contributed by atoms with Crippen LogP contribution in [0.4, 0.5) is 0 Å². The van der Waals surface area contributed by atoms with E-state index in [-0.39, 0.29) is 37.8 Å². The molecule has 0 atom stereocenters. The van der Waals surface area contributed by atoms with Gasteiger partial charge in [-0.1, -0.05) is 36.4 Å². The van der Waals surface area contributed by atoms with Gasteiger partial charge in [0.15, 0.2) is 6.79 Å². The molecule has 2 aromatic heterocycles. The van der Waals surface area contributed by atoms with Crippen molar-refractivity contribution < 1.29 is 23.8 Å². The first-order valence-corrected chi connectivity index (χ1v) is 16.5. The molecule has 12 heteroatoms. The molecule has 3 aromatic carbocycles. The monoisotopic (exact) mass is 659 g/mol. The first-order chi connectivity index (χ1) is 22.4. The minimum absolute atomic E-state index is 0.000758. The normalized spacial score (nSPS) is 11.0. The average molecular weight is 660 g/mol. The summed E-state index contributed by atoms with van der Waals surface area (Å²) in [4.78, 5) is 56.0. The van der Waals surface area contributed by atoms with Crippen LogP contribution in [0, 0.1) is 0 Å². The minimum Gasteiger partial charge on any atom is -0.468 e. The second-order valence-corrected chi connectivity index (χ2v) is 11.9. The Balaban J connectivity index is 1.73. The second kappa shape index (κ2) is 15.1. The smallest absolute Gasteiger partial charge is 0.332 e. The van der Waals surface area contributed by atoms with Crippen LogP contribution in [0.15, 0.2) is 93.3 Å². The number of carbonyl (C=O) groups excluding carboxylic acids is 2. The third kappa shape index (κ3) is 7.09. The van der Waals surface area contributed by atoms with E-state index in [1.165, 1.54) is 23.0 Å². The highest BCUT2D eigenvalue weighted by molar-refractivity contribution is 7.98. The van der Waals surface area contributed by atoms with Gasteiger partial charge < -0.3 is 19.5 Å². The number of methoxy groups -OCH3 is 1. The Morgan fingerprint density at radius 2 is 1.65 bits per heavy atom. The van der Waals surface area contributed by atoms with Crippen LogP contribution in [-0.4, -0.2) is 47.8 Å². The summed E-state index contributed by atoms with van der Waals surface area (Å²) in [7, 11) is 1.54. The van der Waals surface area contributed by atoms with Gasteiger partial charge >= 0.3 is 11.7 Å². The van der Waals surface area contributed by atoms with E-state index in [1.807, 2.05) is 48.7 Å². The first kappa shape index (κ1) is 32.7. The summed E-state index contributed by atoms with van der Waals surface area (Å²) >= 11 is 2.83. The van der Waals surface area contributed by atoms with Crippen molar-refractivity contribution in [2.24, 2.45) is 0 Å². The maximum atomic E-state index is 14.2. The van der Waals surface area contributed by atoms with E-state index in [9.17, 15) is 19.2 Å². The molecule has 10 nitrogen and oxygen atoms in total. The summed E-state index contributed by atoms with van der Waals surface area (Å²) < 4.78 is 18.1. The van der Waals surface area contributed by atoms with Gasteiger partial charge in [-0.05, 0) is 66.8 Å². The van der Waals surface area contributed by atoms with Crippen LogP contribution >= 0.6 is 23.1 Å². The molecule has 5 aromatic rings. The molecule has 46 heavy (non-hydrogen) atoms. The van der Waals surface area contributed by atoms with Crippen LogP contribution in [0.2, 0.25) is 0 Å². The lowest BCUT2D eigenvalue weighted by atomic mass is 10.1. The van der Waals surface area contributed by atoms with Gasteiger partial charge in [-0.2, -0.15) is 0 Å². The number of amides is 1. The number of carbonyl (C=O) groups is 2. The molecule has 0 unspecified atom stereocenters. The molecule has 0 bridgehead atoms. The maximum Gasteiger partial charge on any atom is 0.332 e. The van der Waals surface area contributed by atoms with Crippen molar-refractivity contribution in [3.63, 3.8) is 0 Å². The van der Waals surface area contributed by atoms with Crippen LogP contribution in [0.5, 0.6) is 5.75 Å². The number of nitrogens with one attached hydrogen (secondary N) is 1. The van der Waals surface area contributed by atoms with Crippen molar-refractivity contribution in [1.29, 1.82) is 0 Å². The number of nitrogens with zero attached hydrogens (tertiary/aromatic N) is 2. The largest absolute Gasteiger partial charge is 0.468 e. The molecule has 5 rings (SSSR count). The molecule has 0 aliphatic heterocycles. The molecular formula is C34H33N3O7S2. The lowest BCUT2D eigenvalue weighted by Gasteiger charge is -2.14. The van der Waals surface area contributed by atoms with Crippen molar-refractivity contribution in [1.82, 2.24) is 14.5 Å². The summed E-state index contributed by atoms with van der Waals surface area (Å²) in [5, 5.41) is 3.20. The number of benzene rings is 3. The minimum atomic E-state index is -0.696. The molecule has 2 heterocycles. The van der Waals surface area contributed by atoms with Crippen molar-refractivity contribution in [2.45, 2.75) is 31.5 Å². The van der Waals surface area contributed by atoms with E-state index in [0.29, 0.717) is 26.6 Å². The lowest BCUT2D eigenvalue weighted by Crippen LogP contribution is -2.42. The fourth-order valence-electron chi connectivity index (χ4n) is 5.03. The van der Waals surface area contributed by atoms with Crippen molar-refractivity contribution >= 4 is 45.2 Å². The van der Waals surface area contributed by atoms with E-state index in [4.69, 9.17) is 14.2 Å². The second-order valence-electron chi connectivity index (χ2n) is 10.1. The van der Waals surface area contributed by atoms with Crippen LogP contribution in [-0.2, 0) is 33.9 Å². The number of esters is 1. The Morgan fingerprint density at radius 3 is 2.35 bits per heavy atom. The molecule has 0 aliphatic carbocycles. The summed E-state index contributed by atoms with van der Waals surface area (Å²) in [6, 6.07) is 23.7. The van der Waals surface area contributed by atoms with Crippen LogP contribution in [0.1, 0.15) is 28.4 Å². The van der Waals surface area contributed by atoms with Gasteiger partial charge in [-0.25, -0.2) is 9.36 Å². The Hall–Kier alpha value is -4.65. The summed E-state index contributed by atoms with van der Waals surface area (Å²) in [5.41, 5.74) is 1.38. The molecule has 0 radical (unpaired) electrons. The van der Waals surface area contributed by atoms with E-state index in [0.717, 1.165) is 20.6 Å². The predicted molar refractivity (Wildman–Crippen MR) is 180 cm³/mol. The molecule has 1 amide bonds.